The minimum Gasteiger partial charge on any atom is -0.496 e. The van der Waals surface area contributed by atoms with Crippen molar-refractivity contribution in [2.75, 3.05) is 20.8 Å². The maximum atomic E-state index is 10.7. The van der Waals surface area contributed by atoms with E-state index in [-0.39, 0.29) is 0 Å². The van der Waals surface area contributed by atoms with E-state index in [1.54, 1.807) is 26.4 Å². The molecule has 0 aromatic heterocycles. The molecule has 2 rings (SSSR count). The Morgan fingerprint density at radius 3 is 2.35 bits per heavy atom. The summed E-state index contributed by atoms with van der Waals surface area (Å²) >= 11 is 0. The SMILES string of the molecule is CCOc1cc(C2(N=C=O)CCC2)c(OC)cc1OC. The highest BCUT2D eigenvalue weighted by molar-refractivity contribution is 5.55. The fourth-order valence-corrected chi connectivity index (χ4v) is 2.54. The van der Waals surface area contributed by atoms with E-state index in [9.17, 15) is 4.79 Å². The van der Waals surface area contributed by atoms with Crippen molar-refractivity contribution in [3.63, 3.8) is 0 Å². The average Bonchev–Trinajstić information content (AvgIpc) is 2.43. The minimum atomic E-state index is -0.523. The minimum absolute atomic E-state index is 0.523. The topological polar surface area (TPSA) is 57.1 Å². The number of hydrogen-bond acceptors (Lipinski definition) is 5. The molecule has 20 heavy (non-hydrogen) atoms. The first-order valence-corrected chi connectivity index (χ1v) is 6.69. The zero-order valence-electron chi connectivity index (χ0n) is 12.1. The van der Waals surface area contributed by atoms with Crippen molar-refractivity contribution >= 4 is 6.08 Å². The van der Waals surface area contributed by atoms with Crippen LogP contribution in [0.15, 0.2) is 17.1 Å². The van der Waals surface area contributed by atoms with Gasteiger partial charge >= 0.3 is 0 Å². The Hall–Kier alpha value is -2.00. The van der Waals surface area contributed by atoms with Crippen LogP contribution in [0.2, 0.25) is 0 Å². The van der Waals surface area contributed by atoms with Gasteiger partial charge < -0.3 is 14.2 Å². The van der Waals surface area contributed by atoms with Gasteiger partial charge in [-0.15, -0.1) is 0 Å². The molecule has 5 heteroatoms. The Morgan fingerprint density at radius 1 is 1.20 bits per heavy atom. The molecule has 0 aliphatic heterocycles. The fraction of sp³-hybridized carbons (Fsp3) is 0.533. The van der Waals surface area contributed by atoms with Gasteiger partial charge in [0.15, 0.2) is 11.5 Å². The molecule has 0 amide bonds. The molecule has 1 fully saturated rings. The van der Waals surface area contributed by atoms with E-state index >= 15 is 0 Å². The lowest BCUT2D eigenvalue weighted by Crippen LogP contribution is -2.32. The average molecular weight is 277 g/mol. The fourth-order valence-electron chi connectivity index (χ4n) is 2.54. The molecule has 0 bridgehead atoms. The molecule has 0 unspecified atom stereocenters. The van der Waals surface area contributed by atoms with Crippen LogP contribution in [0.1, 0.15) is 31.7 Å². The number of carbonyl (C=O) groups excluding carboxylic acids is 1. The second kappa shape index (κ2) is 5.97. The van der Waals surface area contributed by atoms with E-state index < -0.39 is 5.54 Å². The summed E-state index contributed by atoms with van der Waals surface area (Å²) in [5.74, 6) is 1.90. The number of aliphatic imine (C=N–C) groups is 1. The number of rotatable bonds is 6. The van der Waals surface area contributed by atoms with Gasteiger partial charge in [-0.2, -0.15) is 4.99 Å². The molecule has 0 heterocycles. The van der Waals surface area contributed by atoms with Crippen LogP contribution in [0.5, 0.6) is 17.2 Å². The number of ether oxygens (including phenoxy) is 3. The first kappa shape index (κ1) is 14.4. The lowest BCUT2D eigenvalue weighted by Gasteiger charge is -2.38. The lowest BCUT2D eigenvalue weighted by atomic mass is 9.72. The van der Waals surface area contributed by atoms with Crippen LogP contribution >= 0.6 is 0 Å². The van der Waals surface area contributed by atoms with Crippen LogP contribution in [0.4, 0.5) is 0 Å². The van der Waals surface area contributed by atoms with Gasteiger partial charge in [0.25, 0.3) is 0 Å². The zero-order valence-corrected chi connectivity index (χ0v) is 12.1. The smallest absolute Gasteiger partial charge is 0.235 e. The van der Waals surface area contributed by atoms with Gasteiger partial charge in [0.1, 0.15) is 11.3 Å². The summed E-state index contributed by atoms with van der Waals surface area (Å²) in [5, 5.41) is 0. The third kappa shape index (κ3) is 2.37. The second-order valence-corrected chi connectivity index (χ2v) is 4.72. The standard InChI is InChI=1S/C15H19NO4/c1-4-20-14-8-11(12(18-2)9-13(14)19-3)15(16-10-17)6-5-7-15/h8-9H,4-7H2,1-3H3. The number of isocyanates is 1. The quantitative estimate of drug-likeness (QED) is 0.592. The van der Waals surface area contributed by atoms with Crippen LogP contribution in [0.3, 0.4) is 0 Å². The predicted molar refractivity (Wildman–Crippen MR) is 74.4 cm³/mol. The molecule has 1 aliphatic carbocycles. The Balaban J connectivity index is 2.55. The highest BCUT2D eigenvalue weighted by atomic mass is 16.5. The molecule has 0 saturated heterocycles. The molecule has 0 radical (unpaired) electrons. The van der Waals surface area contributed by atoms with E-state index in [2.05, 4.69) is 4.99 Å². The van der Waals surface area contributed by atoms with Gasteiger partial charge in [0.05, 0.1) is 20.8 Å². The van der Waals surface area contributed by atoms with Crippen LogP contribution < -0.4 is 14.2 Å². The largest absolute Gasteiger partial charge is 0.496 e. The summed E-state index contributed by atoms with van der Waals surface area (Å²) in [4.78, 5) is 14.7. The summed E-state index contributed by atoms with van der Waals surface area (Å²) in [6.45, 7) is 2.44. The van der Waals surface area contributed by atoms with Crippen molar-refractivity contribution in [1.82, 2.24) is 0 Å². The molecular formula is C15H19NO4. The first-order valence-electron chi connectivity index (χ1n) is 6.69. The number of hydrogen-bond donors (Lipinski definition) is 0. The Bertz CT molecular complexity index is 531. The zero-order chi connectivity index (χ0) is 14.6. The molecule has 1 aliphatic rings. The molecular weight excluding hydrogens is 258 g/mol. The lowest BCUT2D eigenvalue weighted by molar-refractivity contribution is 0.242. The molecule has 0 N–H and O–H groups in total. The van der Waals surface area contributed by atoms with E-state index in [1.807, 2.05) is 13.0 Å². The summed E-state index contributed by atoms with van der Waals surface area (Å²) < 4.78 is 16.3. The van der Waals surface area contributed by atoms with E-state index in [0.29, 0.717) is 23.9 Å². The molecule has 1 aromatic rings. The number of methoxy groups -OCH3 is 2. The molecule has 1 aromatic carbocycles. The van der Waals surface area contributed by atoms with Crippen LogP contribution in [-0.4, -0.2) is 26.9 Å². The number of nitrogens with zero attached hydrogens (tertiary/aromatic N) is 1. The molecule has 5 nitrogen and oxygen atoms in total. The Kier molecular flexibility index (Phi) is 4.30. The maximum Gasteiger partial charge on any atom is 0.235 e. The third-order valence-corrected chi connectivity index (χ3v) is 3.73. The summed E-state index contributed by atoms with van der Waals surface area (Å²) in [5.41, 5.74) is 0.337. The maximum absolute atomic E-state index is 10.7. The van der Waals surface area contributed by atoms with Gasteiger partial charge in [-0.05, 0) is 32.3 Å². The predicted octanol–water partition coefficient (Wildman–Crippen LogP) is 2.82. The first-order chi connectivity index (χ1) is 9.70. The van der Waals surface area contributed by atoms with Crippen molar-refractivity contribution in [1.29, 1.82) is 0 Å². The highest BCUT2D eigenvalue weighted by Crippen LogP contribution is 2.50. The normalized spacial score (nSPS) is 15.8. The van der Waals surface area contributed by atoms with Crippen LogP contribution in [0, 0.1) is 0 Å². The van der Waals surface area contributed by atoms with Crippen molar-refractivity contribution in [3.8, 4) is 17.2 Å². The van der Waals surface area contributed by atoms with Crippen molar-refractivity contribution in [2.45, 2.75) is 31.7 Å². The van der Waals surface area contributed by atoms with Gasteiger partial charge in [-0.3, -0.25) is 0 Å². The summed E-state index contributed by atoms with van der Waals surface area (Å²) in [7, 11) is 3.18. The second-order valence-electron chi connectivity index (χ2n) is 4.72. The van der Waals surface area contributed by atoms with Crippen molar-refractivity contribution in [3.05, 3.63) is 17.7 Å². The van der Waals surface area contributed by atoms with Crippen molar-refractivity contribution in [2.24, 2.45) is 4.99 Å². The number of benzene rings is 1. The van der Waals surface area contributed by atoms with Crippen LogP contribution in [-0.2, 0) is 10.3 Å². The van der Waals surface area contributed by atoms with E-state index in [1.165, 1.54) is 0 Å². The summed E-state index contributed by atoms with van der Waals surface area (Å²) in [6, 6.07) is 3.64. The third-order valence-electron chi connectivity index (χ3n) is 3.73. The molecule has 1 saturated carbocycles. The van der Waals surface area contributed by atoms with Gasteiger partial charge in [-0.1, -0.05) is 0 Å². The Morgan fingerprint density at radius 2 is 1.90 bits per heavy atom. The molecule has 0 spiro atoms. The van der Waals surface area contributed by atoms with Gasteiger partial charge in [0.2, 0.25) is 6.08 Å². The van der Waals surface area contributed by atoms with Crippen molar-refractivity contribution < 1.29 is 19.0 Å². The van der Waals surface area contributed by atoms with E-state index in [4.69, 9.17) is 14.2 Å². The molecule has 108 valence electrons. The monoisotopic (exact) mass is 277 g/mol. The van der Waals surface area contributed by atoms with Gasteiger partial charge in [-0.25, -0.2) is 4.79 Å². The van der Waals surface area contributed by atoms with Gasteiger partial charge in [0, 0.05) is 11.6 Å². The molecule has 0 atom stereocenters. The van der Waals surface area contributed by atoms with Crippen LogP contribution in [0.25, 0.3) is 0 Å². The summed E-state index contributed by atoms with van der Waals surface area (Å²) in [6.07, 6.45) is 4.35. The van der Waals surface area contributed by atoms with E-state index in [0.717, 1.165) is 24.8 Å². The Labute approximate surface area is 118 Å². The highest BCUT2D eigenvalue weighted by Gasteiger charge is 2.41.